The van der Waals surface area contributed by atoms with Gasteiger partial charge in [-0.15, -0.1) is 0 Å². The van der Waals surface area contributed by atoms with Crippen LogP contribution in [0.25, 0.3) is 0 Å². The smallest absolute Gasteiger partial charge is 0.220 e. The second-order valence-electron chi connectivity index (χ2n) is 27.5. The Labute approximate surface area is 579 Å². The van der Waals surface area contributed by atoms with Gasteiger partial charge in [-0.3, -0.25) is 4.79 Å². The fourth-order valence-corrected chi connectivity index (χ4v) is 12.8. The molecule has 96 heavy (non-hydrogen) atoms. The number of hydrogen-bond acceptors (Lipinski definition) is 18. The quantitative estimate of drug-likeness (QED) is 0.0199. The molecule has 0 saturated carbocycles. The lowest BCUT2D eigenvalue weighted by molar-refractivity contribution is -0.379. The molecule has 17 atom stereocenters. The highest BCUT2D eigenvalue weighted by molar-refractivity contribution is 5.76. The van der Waals surface area contributed by atoms with E-state index in [-0.39, 0.29) is 18.9 Å². The van der Waals surface area contributed by atoms with Crippen LogP contribution < -0.4 is 5.32 Å². The van der Waals surface area contributed by atoms with Crippen LogP contribution >= 0.6 is 0 Å². The standard InChI is InChI=1S/C77H139NO18/c1-3-5-7-9-11-13-15-17-19-21-23-25-26-27-28-29-30-31-32-33-35-36-38-40-42-44-46-48-50-52-54-61(82)60(78-65(83)55-53-51-49-47-45-43-41-39-37-34-24-22-20-18-16-14-12-10-8-6-4-2)59-91-75-71(89)68(86)73(63(57-80)93-75)96-77-72(90)69(87)74(64(58-81)94-77)95-76-70(88)67(85)66(84)62(56-79)92-76/h16,18,22,24,37,39,44,46,52,54,60-64,66-77,79-82,84-90H,3-15,17,19-21,23,25-36,38,40-43,45,47-51,53,55-59H2,1-2H3,(H,78,83)/b18-16-,24-22-,39-37-,46-44+,54-52+. The summed E-state index contributed by atoms with van der Waals surface area (Å²) >= 11 is 0. The van der Waals surface area contributed by atoms with Crippen molar-refractivity contribution in [3.63, 3.8) is 0 Å². The van der Waals surface area contributed by atoms with Gasteiger partial charge in [0.05, 0.1) is 38.6 Å². The second-order valence-corrected chi connectivity index (χ2v) is 27.5. The van der Waals surface area contributed by atoms with Crippen LogP contribution in [0.1, 0.15) is 290 Å². The summed E-state index contributed by atoms with van der Waals surface area (Å²) in [6, 6.07) is -1.00. The first-order valence-corrected chi connectivity index (χ1v) is 38.5. The molecule has 3 heterocycles. The lowest BCUT2D eigenvalue weighted by Gasteiger charge is -2.48. The van der Waals surface area contributed by atoms with Crippen molar-refractivity contribution < 1.29 is 89.4 Å². The van der Waals surface area contributed by atoms with Crippen molar-refractivity contribution in [3.05, 3.63) is 60.8 Å². The van der Waals surface area contributed by atoms with E-state index in [0.717, 1.165) is 70.6 Å². The third-order valence-electron chi connectivity index (χ3n) is 19.0. The number of nitrogens with one attached hydrogen (secondary N) is 1. The molecular formula is C77H139NO18. The number of allylic oxidation sites excluding steroid dienone is 9. The van der Waals surface area contributed by atoms with Crippen LogP contribution in [0.2, 0.25) is 0 Å². The van der Waals surface area contributed by atoms with E-state index in [9.17, 15) is 61.0 Å². The summed E-state index contributed by atoms with van der Waals surface area (Å²) in [7, 11) is 0. The monoisotopic (exact) mass is 1370 g/mol. The van der Waals surface area contributed by atoms with E-state index in [1.807, 2.05) is 6.08 Å². The van der Waals surface area contributed by atoms with E-state index < -0.39 is 124 Å². The second kappa shape index (κ2) is 58.0. The van der Waals surface area contributed by atoms with Crippen molar-refractivity contribution in [3.8, 4) is 0 Å². The van der Waals surface area contributed by atoms with E-state index in [1.54, 1.807) is 6.08 Å². The van der Waals surface area contributed by atoms with Gasteiger partial charge in [0, 0.05) is 6.42 Å². The first-order chi connectivity index (χ1) is 46.8. The molecule has 0 spiro atoms. The summed E-state index contributed by atoms with van der Waals surface area (Å²) in [4.78, 5) is 13.4. The molecule has 19 nitrogen and oxygen atoms in total. The lowest BCUT2D eigenvalue weighted by atomic mass is 9.96. The Bertz CT molecular complexity index is 1970. The summed E-state index contributed by atoms with van der Waals surface area (Å²) in [6.45, 7) is 1.72. The third kappa shape index (κ3) is 38.5. The Balaban J connectivity index is 1.41. The number of aliphatic hydroxyl groups excluding tert-OH is 11. The van der Waals surface area contributed by atoms with Gasteiger partial charge in [0.15, 0.2) is 18.9 Å². The number of aliphatic hydroxyl groups is 11. The third-order valence-corrected chi connectivity index (χ3v) is 19.0. The zero-order valence-corrected chi connectivity index (χ0v) is 59.6. The van der Waals surface area contributed by atoms with Gasteiger partial charge in [-0.2, -0.15) is 0 Å². The summed E-state index contributed by atoms with van der Waals surface area (Å²) in [5, 5.41) is 121. The molecule has 560 valence electrons. The minimum Gasteiger partial charge on any atom is -0.394 e. The highest BCUT2D eigenvalue weighted by atomic mass is 16.8. The maximum atomic E-state index is 13.4. The Morgan fingerprint density at radius 2 is 0.698 bits per heavy atom. The van der Waals surface area contributed by atoms with Crippen LogP contribution in [0.4, 0.5) is 0 Å². The average molecular weight is 1370 g/mol. The molecule has 0 aromatic rings. The molecule has 0 aromatic carbocycles. The van der Waals surface area contributed by atoms with Crippen molar-refractivity contribution in [2.45, 2.75) is 394 Å². The van der Waals surface area contributed by atoms with E-state index in [2.05, 4.69) is 67.8 Å². The number of unbranched alkanes of at least 4 members (excludes halogenated alkanes) is 36. The molecule has 3 fully saturated rings. The molecule has 0 bridgehead atoms. The van der Waals surface area contributed by atoms with E-state index >= 15 is 0 Å². The van der Waals surface area contributed by atoms with Crippen LogP contribution in [-0.2, 0) is 33.2 Å². The maximum Gasteiger partial charge on any atom is 0.220 e. The van der Waals surface area contributed by atoms with E-state index in [1.165, 1.54) is 186 Å². The van der Waals surface area contributed by atoms with Gasteiger partial charge in [0.1, 0.15) is 73.2 Å². The van der Waals surface area contributed by atoms with Crippen molar-refractivity contribution in [1.82, 2.24) is 5.32 Å². The Hall–Kier alpha value is -2.51. The van der Waals surface area contributed by atoms with Crippen molar-refractivity contribution >= 4 is 5.91 Å². The molecule has 3 aliphatic heterocycles. The first kappa shape index (κ1) is 87.7. The van der Waals surface area contributed by atoms with Gasteiger partial charge in [-0.05, 0) is 70.6 Å². The van der Waals surface area contributed by atoms with Crippen LogP contribution in [0.5, 0.6) is 0 Å². The van der Waals surface area contributed by atoms with E-state index in [4.69, 9.17) is 28.4 Å². The molecule has 0 aliphatic carbocycles. The molecule has 3 rings (SSSR count). The number of ether oxygens (including phenoxy) is 6. The van der Waals surface area contributed by atoms with Gasteiger partial charge in [-0.25, -0.2) is 0 Å². The lowest BCUT2D eigenvalue weighted by Crippen LogP contribution is -2.66. The van der Waals surface area contributed by atoms with Crippen molar-refractivity contribution in [2.75, 3.05) is 26.4 Å². The summed E-state index contributed by atoms with van der Waals surface area (Å²) in [6.07, 6.45) is 46.4. The minimum atomic E-state index is -1.99. The van der Waals surface area contributed by atoms with Gasteiger partial charge >= 0.3 is 0 Å². The highest BCUT2D eigenvalue weighted by Gasteiger charge is 2.53. The van der Waals surface area contributed by atoms with Crippen LogP contribution in [-0.4, -0.2) is 193 Å². The maximum absolute atomic E-state index is 13.4. The number of rotatable bonds is 60. The summed E-state index contributed by atoms with van der Waals surface area (Å²) in [5.41, 5.74) is 0. The Kier molecular flexibility index (Phi) is 53.0. The number of amides is 1. The van der Waals surface area contributed by atoms with Crippen LogP contribution in [0.15, 0.2) is 60.8 Å². The molecule has 19 heteroatoms. The number of hydrogen-bond donors (Lipinski definition) is 12. The van der Waals surface area contributed by atoms with Gasteiger partial charge < -0.3 is 89.9 Å². The molecule has 0 radical (unpaired) electrons. The highest BCUT2D eigenvalue weighted by Crippen LogP contribution is 2.33. The predicted molar refractivity (Wildman–Crippen MR) is 379 cm³/mol. The summed E-state index contributed by atoms with van der Waals surface area (Å²) < 4.78 is 34.4. The zero-order valence-electron chi connectivity index (χ0n) is 59.6. The molecule has 3 aliphatic rings. The topological polar surface area (TPSA) is 307 Å². The van der Waals surface area contributed by atoms with Gasteiger partial charge in [0.25, 0.3) is 0 Å². The molecule has 0 aromatic heterocycles. The van der Waals surface area contributed by atoms with Crippen molar-refractivity contribution in [2.24, 2.45) is 0 Å². The largest absolute Gasteiger partial charge is 0.394 e. The molecule has 1 amide bonds. The fraction of sp³-hybridized carbons (Fsp3) is 0.857. The zero-order chi connectivity index (χ0) is 69.6. The normalized spacial score (nSPS) is 27.4. The molecule has 12 N–H and O–H groups in total. The van der Waals surface area contributed by atoms with Gasteiger partial charge in [0.2, 0.25) is 5.91 Å². The van der Waals surface area contributed by atoms with Gasteiger partial charge in [-0.1, -0.05) is 274 Å². The van der Waals surface area contributed by atoms with Crippen LogP contribution in [0.3, 0.4) is 0 Å². The fourth-order valence-electron chi connectivity index (χ4n) is 12.8. The minimum absolute atomic E-state index is 0.219. The first-order valence-electron chi connectivity index (χ1n) is 38.5. The summed E-state index contributed by atoms with van der Waals surface area (Å²) in [5.74, 6) is -0.296. The van der Waals surface area contributed by atoms with Crippen LogP contribution in [0, 0.1) is 0 Å². The van der Waals surface area contributed by atoms with E-state index in [0.29, 0.717) is 12.8 Å². The number of carbonyl (C=O) groups excluding carboxylic acids is 1. The SMILES string of the molecule is CCCCCCC/C=C\C/C=C\C/C=C\CCCCCCCCC(=O)NC(COC1OC(CO)C(OC2OC(CO)C(OC3OC(CO)C(O)C(O)C3O)C(O)C2O)C(O)C1O)C(O)/C=C/CC/C=C/CCCCCCCCCCCCCCCCCCCCCCCCCC. The molecule has 3 saturated heterocycles. The molecular weight excluding hydrogens is 1230 g/mol. The van der Waals surface area contributed by atoms with Crippen molar-refractivity contribution in [1.29, 1.82) is 0 Å². The number of carbonyl (C=O) groups is 1. The Morgan fingerprint density at radius 3 is 1.11 bits per heavy atom. The Morgan fingerprint density at radius 1 is 0.375 bits per heavy atom. The average Bonchev–Trinajstić information content (AvgIpc) is 0.785. The predicted octanol–water partition coefficient (Wildman–Crippen LogP) is 11.9. The molecule has 17 unspecified atom stereocenters.